The van der Waals surface area contributed by atoms with Crippen LogP contribution in [0.3, 0.4) is 0 Å². The lowest BCUT2D eigenvalue weighted by Crippen LogP contribution is -2.39. The minimum absolute atomic E-state index is 0.0936. The fourth-order valence-electron chi connectivity index (χ4n) is 5.14. The van der Waals surface area contributed by atoms with Crippen LogP contribution in [0.2, 0.25) is 0 Å². The predicted molar refractivity (Wildman–Crippen MR) is 91.0 cm³/mol. The summed E-state index contributed by atoms with van der Waals surface area (Å²) in [6.45, 7) is 0. The number of allylic oxidation sites excluding steroid dienone is 2. The van der Waals surface area contributed by atoms with Gasteiger partial charge in [-0.3, -0.25) is 4.79 Å². The van der Waals surface area contributed by atoms with Gasteiger partial charge in [-0.2, -0.15) is 0 Å². The number of carbonyl (C=O) groups is 1. The predicted octanol–water partition coefficient (Wildman–Crippen LogP) is 4.70. The number of hydrogen-bond acceptors (Lipinski definition) is 2. The maximum atomic E-state index is 13.4. The average molecular weight is 304 g/mol. The first-order valence-corrected chi connectivity index (χ1v) is 8.54. The molecule has 0 aromatic heterocycles. The van der Waals surface area contributed by atoms with Gasteiger partial charge in [-0.1, -0.05) is 23.8 Å². The monoisotopic (exact) mass is 304 g/mol. The summed E-state index contributed by atoms with van der Waals surface area (Å²) in [5, 5.41) is 2.23. The van der Waals surface area contributed by atoms with E-state index in [1.807, 2.05) is 12.1 Å². The highest BCUT2D eigenvalue weighted by molar-refractivity contribution is 6.07. The highest BCUT2D eigenvalue weighted by Crippen LogP contribution is 2.58. The van der Waals surface area contributed by atoms with Gasteiger partial charge in [-0.15, -0.1) is 0 Å². The third-order valence-corrected chi connectivity index (χ3v) is 6.35. The normalized spacial score (nSPS) is 28.3. The molecule has 2 aromatic rings. The molecule has 2 heteroatoms. The maximum Gasteiger partial charge on any atom is 0.169 e. The quantitative estimate of drug-likeness (QED) is 0.714. The minimum Gasteiger partial charge on any atom is -0.496 e. The number of aryl methyl sites for hydroxylation is 1. The summed E-state index contributed by atoms with van der Waals surface area (Å²) in [5.74, 6) is 1.85. The number of methoxy groups -OCH3 is 1. The molecule has 1 spiro atoms. The van der Waals surface area contributed by atoms with Crippen LogP contribution in [0, 0.1) is 11.3 Å². The molecule has 2 nitrogen and oxygen atoms in total. The van der Waals surface area contributed by atoms with Gasteiger partial charge in [0.15, 0.2) is 5.78 Å². The van der Waals surface area contributed by atoms with Gasteiger partial charge in [-0.05, 0) is 67.2 Å². The molecule has 2 unspecified atom stereocenters. The average Bonchev–Trinajstić information content (AvgIpc) is 3.18. The molecule has 0 saturated heterocycles. The van der Waals surface area contributed by atoms with Crippen LogP contribution in [0.1, 0.15) is 41.6 Å². The molecule has 2 atom stereocenters. The fraction of sp³-hybridized carbons (Fsp3) is 0.381. The molecular weight excluding hydrogens is 284 g/mol. The summed E-state index contributed by atoms with van der Waals surface area (Å²) < 4.78 is 5.49. The lowest BCUT2D eigenvalue weighted by molar-refractivity contribution is 0.0671. The highest BCUT2D eigenvalue weighted by atomic mass is 16.5. The van der Waals surface area contributed by atoms with E-state index in [1.165, 1.54) is 11.1 Å². The molecule has 1 fully saturated rings. The van der Waals surface area contributed by atoms with Crippen molar-refractivity contribution in [2.24, 2.45) is 11.3 Å². The summed E-state index contributed by atoms with van der Waals surface area (Å²) in [5.41, 5.74) is 3.60. The van der Waals surface area contributed by atoms with Gasteiger partial charge in [-0.25, -0.2) is 0 Å². The number of rotatable bonds is 1. The highest BCUT2D eigenvalue weighted by Gasteiger charge is 2.53. The van der Waals surface area contributed by atoms with Gasteiger partial charge < -0.3 is 4.74 Å². The third-order valence-electron chi connectivity index (χ3n) is 6.35. The fourth-order valence-corrected chi connectivity index (χ4v) is 5.14. The lowest BCUT2D eigenvalue weighted by Gasteiger charge is -2.38. The second-order valence-corrected chi connectivity index (χ2v) is 7.35. The number of hydrogen-bond donors (Lipinski definition) is 0. The van der Waals surface area contributed by atoms with Crippen molar-refractivity contribution in [1.29, 1.82) is 0 Å². The first kappa shape index (κ1) is 13.4. The van der Waals surface area contributed by atoms with E-state index in [1.54, 1.807) is 7.11 Å². The Hall–Kier alpha value is -2.09. The molecule has 0 aliphatic heterocycles. The van der Waals surface area contributed by atoms with Crippen molar-refractivity contribution in [2.75, 3.05) is 7.11 Å². The number of benzene rings is 2. The zero-order valence-electron chi connectivity index (χ0n) is 13.4. The largest absolute Gasteiger partial charge is 0.496 e. The van der Waals surface area contributed by atoms with Gasteiger partial charge in [0.2, 0.25) is 0 Å². The minimum atomic E-state index is -0.0936. The van der Waals surface area contributed by atoms with Crippen molar-refractivity contribution in [1.82, 2.24) is 0 Å². The van der Waals surface area contributed by atoms with Crippen LogP contribution in [0.5, 0.6) is 5.75 Å². The Morgan fingerprint density at radius 1 is 1.26 bits per heavy atom. The van der Waals surface area contributed by atoms with Crippen molar-refractivity contribution in [2.45, 2.75) is 32.1 Å². The number of ketones is 1. The summed E-state index contributed by atoms with van der Waals surface area (Å²) >= 11 is 0. The molecular formula is C21H20O2. The molecule has 0 radical (unpaired) electrons. The Morgan fingerprint density at radius 2 is 2.17 bits per heavy atom. The van der Waals surface area contributed by atoms with E-state index in [0.717, 1.165) is 54.2 Å². The third kappa shape index (κ3) is 1.67. The topological polar surface area (TPSA) is 26.3 Å². The molecule has 3 aliphatic rings. The molecule has 0 amide bonds. The Morgan fingerprint density at radius 3 is 2.91 bits per heavy atom. The van der Waals surface area contributed by atoms with Crippen molar-refractivity contribution in [3.05, 3.63) is 53.1 Å². The van der Waals surface area contributed by atoms with Gasteiger partial charge in [0.05, 0.1) is 7.11 Å². The summed E-state index contributed by atoms with van der Waals surface area (Å²) in [7, 11) is 1.71. The van der Waals surface area contributed by atoms with Crippen molar-refractivity contribution in [3.63, 3.8) is 0 Å². The van der Waals surface area contributed by atoms with Gasteiger partial charge in [0.25, 0.3) is 0 Å². The summed E-state index contributed by atoms with van der Waals surface area (Å²) in [4.78, 5) is 13.4. The number of ether oxygens (including phenoxy) is 1. The SMILES string of the molecule is COc1cccc2cc3c(cc12)CCC1(CC2=CCC1C2)C3=O. The van der Waals surface area contributed by atoms with E-state index in [-0.39, 0.29) is 5.41 Å². The molecule has 23 heavy (non-hydrogen) atoms. The smallest absolute Gasteiger partial charge is 0.169 e. The zero-order valence-corrected chi connectivity index (χ0v) is 13.4. The molecule has 116 valence electrons. The van der Waals surface area contributed by atoms with Gasteiger partial charge in [0.1, 0.15) is 5.75 Å². The van der Waals surface area contributed by atoms with E-state index >= 15 is 0 Å². The van der Waals surface area contributed by atoms with Crippen molar-refractivity contribution < 1.29 is 9.53 Å². The lowest BCUT2D eigenvalue weighted by atomic mass is 9.63. The number of Topliss-reactive ketones (excluding diaryl/α,β-unsaturated/α-hetero) is 1. The molecule has 0 heterocycles. The van der Waals surface area contributed by atoms with E-state index in [0.29, 0.717) is 11.7 Å². The van der Waals surface area contributed by atoms with E-state index in [2.05, 4.69) is 24.3 Å². The van der Waals surface area contributed by atoms with Crippen LogP contribution in [0.15, 0.2) is 42.0 Å². The maximum absolute atomic E-state index is 13.4. The molecule has 1 saturated carbocycles. The Balaban J connectivity index is 1.67. The molecule has 0 N–H and O–H groups in total. The number of fused-ring (bicyclic) bond motifs is 5. The van der Waals surface area contributed by atoms with Crippen molar-refractivity contribution in [3.8, 4) is 5.75 Å². The second-order valence-electron chi connectivity index (χ2n) is 7.35. The summed E-state index contributed by atoms with van der Waals surface area (Å²) in [6.07, 6.45) is 7.66. The Labute approximate surface area is 136 Å². The number of carbonyl (C=O) groups excluding carboxylic acids is 1. The van der Waals surface area contributed by atoms with Gasteiger partial charge >= 0.3 is 0 Å². The molecule has 5 rings (SSSR count). The van der Waals surface area contributed by atoms with E-state index < -0.39 is 0 Å². The Kier molecular flexibility index (Phi) is 2.60. The van der Waals surface area contributed by atoms with E-state index in [9.17, 15) is 4.79 Å². The van der Waals surface area contributed by atoms with Crippen LogP contribution in [0.25, 0.3) is 10.8 Å². The van der Waals surface area contributed by atoms with Crippen molar-refractivity contribution >= 4 is 16.6 Å². The van der Waals surface area contributed by atoms with Crippen LogP contribution >= 0.6 is 0 Å². The van der Waals surface area contributed by atoms with Crippen LogP contribution in [0.4, 0.5) is 0 Å². The first-order valence-electron chi connectivity index (χ1n) is 8.54. The Bertz CT molecular complexity index is 877. The standard InChI is InChI=1S/C21H20O2/c1-23-19-4-2-3-14-11-18-15(10-17(14)19)7-8-21(20(18)22)12-13-5-6-16(21)9-13/h2-5,10-11,16H,6-9,12H2,1H3. The van der Waals surface area contributed by atoms with Gasteiger partial charge in [0, 0.05) is 16.4 Å². The van der Waals surface area contributed by atoms with Crippen LogP contribution in [-0.4, -0.2) is 12.9 Å². The second kappa shape index (κ2) is 4.47. The molecule has 2 aromatic carbocycles. The van der Waals surface area contributed by atoms with E-state index in [4.69, 9.17) is 4.74 Å². The molecule has 3 aliphatic carbocycles. The molecule has 2 bridgehead atoms. The zero-order chi connectivity index (χ0) is 15.6. The van der Waals surface area contributed by atoms with Crippen LogP contribution in [-0.2, 0) is 6.42 Å². The van der Waals surface area contributed by atoms with Crippen LogP contribution < -0.4 is 4.74 Å². The summed E-state index contributed by atoms with van der Waals surface area (Å²) in [6, 6.07) is 10.4. The first-order chi connectivity index (χ1) is 11.2.